The zero-order valence-corrected chi connectivity index (χ0v) is 7.29. The second-order valence-corrected chi connectivity index (χ2v) is 4.22. The molecule has 12 heavy (non-hydrogen) atoms. The first kappa shape index (κ1) is 7.77. The molecule has 3 nitrogen and oxygen atoms in total. The Labute approximate surface area is 71.1 Å². The van der Waals surface area contributed by atoms with Crippen LogP contribution in [0.5, 0.6) is 0 Å². The van der Waals surface area contributed by atoms with E-state index in [9.17, 15) is 9.59 Å². The Balaban J connectivity index is 2.15. The zero-order valence-electron chi connectivity index (χ0n) is 7.29. The number of hydrogen-bond donors (Lipinski definition) is 0. The van der Waals surface area contributed by atoms with Crippen LogP contribution in [-0.4, -0.2) is 11.9 Å². The second-order valence-electron chi connectivity index (χ2n) is 4.22. The molecule has 1 aliphatic heterocycles. The number of fused-ring (bicyclic) bond motifs is 1. The van der Waals surface area contributed by atoms with Crippen molar-refractivity contribution in [1.29, 1.82) is 0 Å². The summed E-state index contributed by atoms with van der Waals surface area (Å²) in [4.78, 5) is 22.2. The molecule has 0 spiro atoms. The van der Waals surface area contributed by atoms with Crippen LogP contribution >= 0.6 is 0 Å². The van der Waals surface area contributed by atoms with Gasteiger partial charge in [-0.1, -0.05) is 13.8 Å². The van der Waals surface area contributed by atoms with E-state index in [1.165, 1.54) is 0 Å². The Morgan fingerprint density at radius 1 is 1.58 bits per heavy atom. The van der Waals surface area contributed by atoms with Crippen molar-refractivity contribution in [3.8, 4) is 0 Å². The molecule has 2 aliphatic rings. The lowest BCUT2D eigenvalue weighted by atomic mass is 9.93. The molecule has 1 heterocycles. The van der Waals surface area contributed by atoms with Gasteiger partial charge in [-0.15, -0.1) is 0 Å². The topological polar surface area (TPSA) is 43.4 Å². The van der Waals surface area contributed by atoms with Crippen molar-refractivity contribution < 1.29 is 14.3 Å². The molecular weight excluding hydrogens is 156 g/mol. The lowest BCUT2D eigenvalue weighted by Crippen LogP contribution is -2.16. The van der Waals surface area contributed by atoms with Crippen LogP contribution in [0.1, 0.15) is 26.7 Å². The Morgan fingerprint density at radius 3 is 2.58 bits per heavy atom. The number of esters is 2. The number of carbonyl (C=O) groups is 2. The Hall–Kier alpha value is -0.860. The van der Waals surface area contributed by atoms with Crippen LogP contribution in [0.4, 0.5) is 0 Å². The highest BCUT2D eigenvalue weighted by Crippen LogP contribution is 2.61. The summed E-state index contributed by atoms with van der Waals surface area (Å²) in [5.74, 6) is -0.243. The van der Waals surface area contributed by atoms with Gasteiger partial charge in [-0.2, -0.15) is 0 Å². The van der Waals surface area contributed by atoms with E-state index in [0.717, 1.165) is 12.8 Å². The van der Waals surface area contributed by atoms with Gasteiger partial charge in [0.2, 0.25) is 0 Å². The third kappa shape index (κ3) is 0.822. The van der Waals surface area contributed by atoms with E-state index < -0.39 is 5.41 Å². The molecule has 1 aliphatic carbocycles. The minimum absolute atomic E-state index is 0.104. The first-order valence-corrected chi connectivity index (χ1v) is 4.32. The van der Waals surface area contributed by atoms with Crippen molar-refractivity contribution in [1.82, 2.24) is 0 Å². The molecule has 0 radical (unpaired) electrons. The average molecular weight is 168 g/mol. The largest absolute Gasteiger partial charge is 0.392 e. The van der Waals surface area contributed by atoms with E-state index in [1.54, 1.807) is 0 Å². The maximum atomic E-state index is 11.2. The highest BCUT2D eigenvalue weighted by Gasteiger charge is 2.70. The zero-order chi connectivity index (χ0) is 8.93. The Morgan fingerprint density at radius 2 is 2.25 bits per heavy atom. The van der Waals surface area contributed by atoms with Gasteiger partial charge in [0.25, 0.3) is 0 Å². The summed E-state index contributed by atoms with van der Waals surface area (Å²) in [7, 11) is 0. The number of rotatable bonds is 2. The van der Waals surface area contributed by atoms with E-state index in [-0.39, 0.29) is 17.9 Å². The molecule has 0 amide bonds. The van der Waals surface area contributed by atoms with Gasteiger partial charge in [0.15, 0.2) is 0 Å². The Kier molecular flexibility index (Phi) is 1.35. The first-order valence-electron chi connectivity index (χ1n) is 4.32. The van der Waals surface area contributed by atoms with E-state index >= 15 is 0 Å². The normalized spacial score (nSPS) is 38.4. The fourth-order valence-corrected chi connectivity index (χ4v) is 2.14. The standard InChI is InChI=1S/C9H12O3/c1-5(2)3-9-4-6(9)7(10)12-8(9)11/h5-6H,3-4H2,1-2H3. The fraction of sp³-hybridized carbons (Fsp3) is 0.778. The predicted molar refractivity (Wildman–Crippen MR) is 41.1 cm³/mol. The van der Waals surface area contributed by atoms with Gasteiger partial charge < -0.3 is 4.74 Å². The molecule has 2 unspecified atom stereocenters. The maximum absolute atomic E-state index is 11.2. The molecule has 0 aromatic heterocycles. The molecule has 0 bridgehead atoms. The van der Waals surface area contributed by atoms with Gasteiger partial charge in [0.1, 0.15) is 0 Å². The molecule has 3 heteroatoms. The third-order valence-corrected chi connectivity index (χ3v) is 2.73. The summed E-state index contributed by atoms with van der Waals surface area (Å²) < 4.78 is 4.55. The van der Waals surface area contributed by atoms with Gasteiger partial charge in [0.05, 0.1) is 11.3 Å². The number of ether oxygens (including phenoxy) is 1. The van der Waals surface area contributed by atoms with Crippen LogP contribution in [0.25, 0.3) is 0 Å². The van der Waals surface area contributed by atoms with Crippen molar-refractivity contribution in [2.24, 2.45) is 17.3 Å². The molecule has 2 rings (SSSR count). The molecule has 2 atom stereocenters. The van der Waals surface area contributed by atoms with Gasteiger partial charge >= 0.3 is 11.9 Å². The SMILES string of the molecule is CC(C)CC12CC1C(=O)OC2=O. The van der Waals surface area contributed by atoms with Gasteiger partial charge in [-0.25, -0.2) is 0 Å². The van der Waals surface area contributed by atoms with Gasteiger partial charge in [-0.05, 0) is 18.8 Å². The van der Waals surface area contributed by atoms with Crippen LogP contribution in [0, 0.1) is 17.3 Å². The van der Waals surface area contributed by atoms with E-state index in [1.807, 2.05) is 0 Å². The highest BCUT2D eigenvalue weighted by molar-refractivity contribution is 6.03. The highest BCUT2D eigenvalue weighted by atomic mass is 16.6. The van der Waals surface area contributed by atoms with Gasteiger partial charge in [-0.3, -0.25) is 9.59 Å². The number of cyclic esters (lactones) is 2. The monoisotopic (exact) mass is 168 g/mol. The molecule has 1 saturated carbocycles. The van der Waals surface area contributed by atoms with Crippen molar-refractivity contribution in [3.05, 3.63) is 0 Å². The molecule has 2 fully saturated rings. The summed E-state index contributed by atoms with van der Waals surface area (Å²) >= 11 is 0. The molecule has 66 valence electrons. The van der Waals surface area contributed by atoms with E-state index in [2.05, 4.69) is 18.6 Å². The number of carbonyl (C=O) groups excluding carboxylic acids is 2. The molecule has 0 aromatic carbocycles. The summed E-state index contributed by atoms with van der Waals surface area (Å²) in [6.07, 6.45) is 1.52. The van der Waals surface area contributed by atoms with E-state index in [0.29, 0.717) is 5.92 Å². The van der Waals surface area contributed by atoms with Crippen molar-refractivity contribution in [2.45, 2.75) is 26.7 Å². The number of hydrogen-bond acceptors (Lipinski definition) is 3. The summed E-state index contributed by atoms with van der Waals surface area (Å²) in [6.45, 7) is 4.11. The smallest absolute Gasteiger partial charge is 0.320 e. The van der Waals surface area contributed by atoms with Crippen molar-refractivity contribution in [2.75, 3.05) is 0 Å². The van der Waals surface area contributed by atoms with Crippen LogP contribution in [0.2, 0.25) is 0 Å². The predicted octanol–water partition coefficient (Wildman–Crippen LogP) is 1.12. The average Bonchev–Trinajstić information content (AvgIpc) is 2.57. The minimum Gasteiger partial charge on any atom is -0.392 e. The fourth-order valence-electron chi connectivity index (χ4n) is 2.14. The van der Waals surface area contributed by atoms with E-state index in [4.69, 9.17) is 0 Å². The van der Waals surface area contributed by atoms with Crippen LogP contribution in [0.3, 0.4) is 0 Å². The molecule has 1 saturated heterocycles. The first-order chi connectivity index (χ1) is 5.56. The van der Waals surface area contributed by atoms with Crippen LogP contribution in [0.15, 0.2) is 0 Å². The van der Waals surface area contributed by atoms with Crippen molar-refractivity contribution >= 4 is 11.9 Å². The molecule has 0 N–H and O–H groups in total. The Bertz CT molecular complexity index is 256. The maximum Gasteiger partial charge on any atom is 0.320 e. The van der Waals surface area contributed by atoms with Crippen LogP contribution in [-0.2, 0) is 14.3 Å². The summed E-state index contributed by atoms with van der Waals surface area (Å²) in [5.41, 5.74) is -0.398. The quantitative estimate of drug-likeness (QED) is 0.458. The molecular formula is C9H12O3. The third-order valence-electron chi connectivity index (χ3n) is 2.73. The molecule has 0 aromatic rings. The summed E-state index contributed by atoms with van der Waals surface area (Å²) in [5, 5.41) is 0. The lowest BCUT2D eigenvalue weighted by Gasteiger charge is -2.09. The summed E-state index contributed by atoms with van der Waals surface area (Å²) in [6, 6.07) is 0. The van der Waals surface area contributed by atoms with Crippen molar-refractivity contribution in [3.63, 3.8) is 0 Å². The minimum atomic E-state index is -0.398. The van der Waals surface area contributed by atoms with Gasteiger partial charge in [0, 0.05) is 0 Å². The lowest BCUT2D eigenvalue weighted by molar-refractivity contribution is -0.157. The van der Waals surface area contributed by atoms with Crippen LogP contribution < -0.4 is 0 Å². The second kappa shape index (κ2) is 2.09.